The molecule has 0 saturated carbocycles. The third-order valence-electron chi connectivity index (χ3n) is 3.29. The summed E-state index contributed by atoms with van der Waals surface area (Å²) in [6.07, 6.45) is 2.26. The summed E-state index contributed by atoms with van der Waals surface area (Å²) in [7, 11) is 0. The molecule has 1 heterocycles. The number of nitrogens with zero attached hydrogens (tertiary/aromatic N) is 1. The van der Waals surface area contributed by atoms with E-state index in [1.807, 2.05) is 39.8 Å². The fourth-order valence-corrected chi connectivity index (χ4v) is 2.05. The number of phenolic OH excluding ortho intramolecular Hbond substituents is 1. The zero-order chi connectivity index (χ0) is 16.3. The van der Waals surface area contributed by atoms with E-state index >= 15 is 0 Å². The highest BCUT2D eigenvalue weighted by molar-refractivity contribution is 5.89. The number of carbonyl (C=O) groups excluding carboxylic acids is 1. The normalized spacial score (nSPS) is 12.9. The molecule has 5 nitrogen and oxygen atoms in total. The second kappa shape index (κ2) is 6.22. The lowest BCUT2D eigenvalue weighted by atomic mass is 9.94. The van der Waals surface area contributed by atoms with Gasteiger partial charge in [-0.15, -0.1) is 0 Å². The van der Waals surface area contributed by atoms with Gasteiger partial charge < -0.3 is 14.8 Å². The Kier molecular flexibility index (Phi) is 4.54. The Labute approximate surface area is 130 Å². The zero-order valence-corrected chi connectivity index (χ0v) is 13.4. The Bertz CT molecular complexity index is 639. The van der Waals surface area contributed by atoms with Gasteiger partial charge in [0.15, 0.2) is 0 Å². The summed E-state index contributed by atoms with van der Waals surface area (Å²) in [6.45, 7) is 7.92. The first-order chi connectivity index (χ1) is 10.3. The van der Waals surface area contributed by atoms with E-state index in [9.17, 15) is 9.90 Å². The number of nitrogens with one attached hydrogen (secondary N) is 1. The highest BCUT2D eigenvalue weighted by Crippen LogP contribution is 2.22. The van der Waals surface area contributed by atoms with Gasteiger partial charge in [-0.1, -0.05) is 32.9 Å². The number of benzene rings is 1. The maximum atomic E-state index is 12.1. The fourth-order valence-electron chi connectivity index (χ4n) is 2.05. The lowest BCUT2D eigenvalue weighted by molar-refractivity contribution is 0.0901. The minimum absolute atomic E-state index is 0.0676. The molecule has 2 rings (SSSR count). The number of oxazole rings is 1. The quantitative estimate of drug-likeness (QED) is 0.910. The van der Waals surface area contributed by atoms with E-state index in [0.29, 0.717) is 12.2 Å². The molecule has 0 bridgehead atoms. The van der Waals surface area contributed by atoms with E-state index in [-0.39, 0.29) is 29.0 Å². The van der Waals surface area contributed by atoms with Crippen LogP contribution in [0, 0.1) is 0 Å². The fraction of sp³-hybridized carbons (Fsp3) is 0.412. The molecule has 5 heteroatoms. The first-order valence-electron chi connectivity index (χ1n) is 7.31. The summed E-state index contributed by atoms with van der Waals surface area (Å²) < 4.78 is 5.52. The van der Waals surface area contributed by atoms with Crippen molar-refractivity contribution in [1.29, 1.82) is 0 Å². The van der Waals surface area contributed by atoms with Crippen LogP contribution in [0.1, 0.15) is 49.7 Å². The van der Waals surface area contributed by atoms with Crippen LogP contribution < -0.4 is 5.32 Å². The Morgan fingerprint density at radius 2 is 1.95 bits per heavy atom. The van der Waals surface area contributed by atoms with Crippen LogP contribution >= 0.6 is 0 Å². The van der Waals surface area contributed by atoms with E-state index < -0.39 is 0 Å². The second-order valence-electron chi connectivity index (χ2n) is 6.52. The predicted octanol–water partition coefficient (Wildman–Crippen LogP) is 3.04. The standard InChI is InChI=1S/C17H22N2O3/c1-11(9-12-5-7-13(20)8-6-12)19-15(21)16-18-10-14(22-16)17(2,3)4/h5-8,10-11,20H,9H2,1-4H3,(H,19,21)/t11-/m1/s1. The van der Waals surface area contributed by atoms with Gasteiger partial charge in [-0.2, -0.15) is 0 Å². The Hall–Kier alpha value is -2.30. The molecule has 118 valence electrons. The molecule has 22 heavy (non-hydrogen) atoms. The van der Waals surface area contributed by atoms with E-state index in [2.05, 4.69) is 10.3 Å². The first kappa shape index (κ1) is 16.1. The van der Waals surface area contributed by atoms with Crippen molar-refractivity contribution in [3.05, 3.63) is 47.7 Å². The van der Waals surface area contributed by atoms with Crippen molar-refractivity contribution < 1.29 is 14.3 Å². The van der Waals surface area contributed by atoms with Gasteiger partial charge >= 0.3 is 5.91 Å². The highest BCUT2D eigenvalue weighted by Gasteiger charge is 2.22. The molecule has 2 N–H and O–H groups in total. The van der Waals surface area contributed by atoms with Crippen molar-refractivity contribution in [2.45, 2.75) is 45.6 Å². The van der Waals surface area contributed by atoms with Crippen LogP contribution in [0.4, 0.5) is 0 Å². The molecule has 0 aliphatic heterocycles. The number of hydrogen-bond donors (Lipinski definition) is 2. The maximum absolute atomic E-state index is 12.1. The topological polar surface area (TPSA) is 75.4 Å². The van der Waals surface area contributed by atoms with Crippen LogP contribution in [0.2, 0.25) is 0 Å². The van der Waals surface area contributed by atoms with E-state index in [1.54, 1.807) is 18.3 Å². The largest absolute Gasteiger partial charge is 0.508 e. The predicted molar refractivity (Wildman–Crippen MR) is 83.9 cm³/mol. The van der Waals surface area contributed by atoms with Crippen LogP contribution in [0.3, 0.4) is 0 Å². The number of amides is 1. The van der Waals surface area contributed by atoms with E-state index in [4.69, 9.17) is 4.42 Å². The third kappa shape index (κ3) is 4.10. The third-order valence-corrected chi connectivity index (χ3v) is 3.29. The molecular formula is C17H22N2O3. The summed E-state index contributed by atoms with van der Waals surface area (Å²) in [5.74, 6) is 0.683. The van der Waals surface area contributed by atoms with Crippen LogP contribution in [-0.2, 0) is 11.8 Å². The Morgan fingerprint density at radius 3 is 2.50 bits per heavy atom. The van der Waals surface area contributed by atoms with Crippen molar-refractivity contribution in [3.8, 4) is 5.75 Å². The summed E-state index contributed by atoms with van der Waals surface area (Å²) in [6, 6.07) is 6.87. The van der Waals surface area contributed by atoms with Gasteiger partial charge in [0.2, 0.25) is 0 Å². The van der Waals surface area contributed by atoms with Gasteiger partial charge in [-0.3, -0.25) is 4.79 Å². The zero-order valence-electron chi connectivity index (χ0n) is 13.4. The molecule has 0 saturated heterocycles. The molecule has 0 unspecified atom stereocenters. The molecule has 1 aromatic heterocycles. The van der Waals surface area contributed by atoms with Crippen LogP contribution in [0.5, 0.6) is 5.75 Å². The lowest BCUT2D eigenvalue weighted by Gasteiger charge is -2.14. The minimum Gasteiger partial charge on any atom is -0.508 e. The van der Waals surface area contributed by atoms with Gasteiger partial charge in [0.1, 0.15) is 11.5 Å². The van der Waals surface area contributed by atoms with Gasteiger partial charge in [0.25, 0.3) is 5.89 Å². The average Bonchev–Trinajstić information content (AvgIpc) is 2.91. The second-order valence-corrected chi connectivity index (χ2v) is 6.52. The molecule has 0 aliphatic rings. The summed E-state index contributed by atoms with van der Waals surface area (Å²) in [5, 5.41) is 12.1. The molecule has 2 aromatic rings. The molecule has 0 aliphatic carbocycles. The van der Waals surface area contributed by atoms with Crippen LogP contribution in [0.25, 0.3) is 0 Å². The number of rotatable bonds is 4. The Balaban J connectivity index is 1.96. The maximum Gasteiger partial charge on any atom is 0.307 e. The van der Waals surface area contributed by atoms with Crippen molar-refractivity contribution in [1.82, 2.24) is 10.3 Å². The molecule has 0 fully saturated rings. The van der Waals surface area contributed by atoms with Gasteiger partial charge in [-0.05, 0) is 31.0 Å². The molecule has 0 radical (unpaired) electrons. The number of aromatic hydroxyl groups is 1. The van der Waals surface area contributed by atoms with Crippen molar-refractivity contribution >= 4 is 5.91 Å². The number of hydrogen-bond acceptors (Lipinski definition) is 4. The molecule has 1 aromatic carbocycles. The van der Waals surface area contributed by atoms with Gasteiger partial charge in [-0.25, -0.2) is 4.98 Å². The van der Waals surface area contributed by atoms with Crippen molar-refractivity contribution in [2.75, 3.05) is 0 Å². The van der Waals surface area contributed by atoms with E-state index in [1.165, 1.54) is 0 Å². The summed E-state index contributed by atoms with van der Waals surface area (Å²) >= 11 is 0. The van der Waals surface area contributed by atoms with Crippen molar-refractivity contribution in [3.63, 3.8) is 0 Å². The SMILES string of the molecule is C[C@H](Cc1ccc(O)cc1)NC(=O)c1ncc(C(C)(C)C)o1. The van der Waals surface area contributed by atoms with Crippen LogP contribution in [0.15, 0.2) is 34.9 Å². The highest BCUT2D eigenvalue weighted by atomic mass is 16.4. The van der Waals surface area contributed by atoms with Crippen molar-refractivity contribution in [2.24, 2.45) is 0 Å². The number of phenols is 1. The number of carbonyl (C=O) groups is 1. The summed E-state index contributed by atoms with van der Waals surface area (Å²) in [5.41, 5.74) is 0.858. The van der Waals surface area contributed by atoms with Gasteiger partial charge in [0.05, 0.1) is 6.20 Å². The molecule has 0 spiro atoms. The number of aromatic nitrogens is 1. The monoisotopic (exact) mass is 302 g/mol. The minimum atomic E-state index is -0.318. The van der Waals surface area contributed by atoms with Gasteiger partial charge in [0, 0.05) is 11.5 Å². The van der Waals surface area contributed by atoms with E-state index in [0.717, 1.165) is 5.56 Å². The smallest absolute Gasteiger partial charge is 0.307 e. The molecule has 1 amide bonds. The summed E-state index contributed by atoms with van der Waals surface area (Å²) in [4.78, 5) is 16.2. The Morgan fingerprint density at radius 1 is 1.32 bits per heavy atom. The van der Waals surface area contributed by atoms with Crippen LogP contribution in [-0.4, -0.2) is 22.0 Å². The molecule has 1 atom stereocenters. The average molecular weight is 302 g/mol. The lowest BCUT2D eigenvalue weighted by Crippen LogP contribution is -2.34. The first-order valence-corrected chi connectivity index (χ1v) is 7.31. The molecular weight excluding hydrogens is 280 g/mol.